The lowest BCUT2D eigenvalue weighted by molar-refractivity contribution is 0.818. The maximum atomic E-state index is 4.46. The molecule has 0 aliphatic carbocycles. The van der Waals surface area contributed by atoms with Gasteiger partial charge in [0.05, 0.1) is 0 Å². The Bertz CT molecular complexity index is 70.2. The summed E-state index contributed by atoms with van der Waals surface area (Å²) in [6.45, 7) is 2.16. The summed E-state index contributed by atoms with van der Waals surface area (Å²) < 4.78 is 0. The first-order valence-electron chi connectivity index (χ1n) is 2.61. The van der Waals surface area contributed by atoms with E-state index in [0.29, 0.717) is 0 Å². The van der Waals surface area contributed by atoms with Crippen LogP contribution in [0, 0.1) is 0 Å². The summed E-state index contributed by atoms with van der Waals surface area (Å²) in [4.78, 5) is 0. The van der Waals surface area contributed by atoms with E-state index in [1.807, 2.05) is 6.08 Å². The van der Waals surface area contributed by atoms with Crippen LogP contribution in [0.3, 0.4) is 0 Å². The molecule has 0 unspecified atom stereocenters. The van der Waals surface area contributed by atoms with Gasteiger partial charge < -0.3 is 0 Å². The van der Waals surface area contributed by atoms with Gasteiger partial charge in [0, 0.05) is 0 Å². The maximum Gasteiger partial charge on any atom is -0.0266 e. The number of hydrogen-bond donors (Lipinski definition) is 0. The van der Waals surface area contributed by atoms with Crippen LogP contribution < -0.4 is 0 Å². The van der Waals surface area contributed by atoms with Gasteiger partial charge in [-0.2, -0.15) is 0 Å². The highest BCUT2D eigenvalue weighted by molar-refractivity contribution is 7.78. The maximum absolute atomic E-state index is 4.46. The summed E-state index contributed by atoms with van der Waals surface area (Å²) in [5, 5.41) is 2.56. The molecule has 0 N–H and O–H groups in total. The summed E-state index contributed by atoms with van der Waals surface area (Å²) in [7, 11) is 0. The SMILES string of the molecule is CCCCC=C=S. The van der Waals surface area contributed by atoms with Crippen LogP contribution in [0.1, 0.15) is 26.2 Å². The van der Waals surface area contributed by atoms with Crippen molar-refractivity contribution in [3.05, 3.63) is 6.08 Å². The molecular formula is C6H10S. The van der Waals surface area contributed by atoms with Crippen LogP contribution in [-0.2, 0) is 0 Å². The molecule has 7 heavy (non-hydrogen) atoms. The van der Waals surface area contributed by atoms with Gasteiger partial charge in [-0.1, -0.05) is 18.4 Å². The first-order valence-corrected chi connectivity index (χ1v) is 3.02. The Morgan fingerprint density at radius 1 is 1.71 bits per heavy atom. The smallest absolute Gasteiger partial charge is 0.0266 e. The van der Waals surface area contributed by atoms with Gasteiger partial charge in [-0.3, -0.25) is 0 Å². The van der Waals surface area contributed by atoms with Crippen LogP contribution in [0.5, 0.6) is 0 Å². The Balaban J connectivity index is 2.83. The molecule has 0 bridgehead atoms. The molecule has 0 aliphatic rings. The Morgan fingerprint density at radius 3 is 2.86 bits per heavy atom. The number of allylic oxidation sites excluding steroid dienone is 1. The number of hydrogen-bond acceptors (Lipinski definition) is 1. The molecule has 0 aromatic carbocycles. The van der Waals surface area contributed by atoms with Gasteiger partial charge in [0.2, 0.25) is 0 Å². The zero-order valence-corrected chi connectivity index (χ0v) is 5.42. The molecule has 0 saturated heterocycles. The average molecular weight is 114 g/mol. The van der Waals surface area contributed by atoms with Crippen molar-refractivity contribution in [3.63, 3.8) is 0 Å². The molecule has 0 fully saturated rings. The van der Waals surface area contributed by atoms with E-state index in [9.17, 15) is 0 Å². The molecule has 0 aliphatic heterocycles. The molecule has 0 saturated carbocycles. The normalized spacial score (nSPS) is 7.57. The van der Waals surface area contributed by atoms with E-state index >= 15 is 0 Å². The predicted molar refractivity (Wildman–Crippen MR) is 36.7 cm³/mol. The Hall–Kier alpha value is -0.130. The zero-order valence-electron chi connectivity index (χ0n) is 4.61. The minimum Gasteiger partial charge on any atom is -0.0654 e. The van der Waals surface area contributed by atoms with Crippen molar-refractivity contribution in [1.82, 2.24) is 0 Å². The fourth-order valence-corrected chi connectivity index (χ4v) is 0.483. The van der Waals surface area contributed by atoms with Crippen molar-refractivity contribution < 1.29 is 0 Å². The molecule has 1 heteroatoms. The van der Waals surface area contributed by atoms with E-state index in [-0.39, 0.29) is 0 Å². The van der Waals surface area contributed by atoms with E-state index in [1.165, 1.54) is 12.8 Å². The van der Waals surface area contributed by atoms with E-state index in [1.54, 1.807) is 0 Å². The molecule has 0 nitrogen and oxygen atoms in total. The molecular weight excluding hydrogens is 104 g/mol. The van der Waals surface area contributed by atoms with Gasteiger partial charge in [0.15, 0.2) is 0 Å². The summed E-state index contributed by atoms with van der Waals surface area (Å²) in [6.07, 6.45) is 5.48. The van der Waals surface area contributed by atoms with Crippen molar-refractivity contribution in [3.8, 4) is 0 Å². The van der Waals surface area contributed by atoms with Crippen molar-refractivity contribution in [2.75, 3.05) is 0 Å². The molecule has 0 amide bonds. The molecule has 0 spiro atoms. The van der Waals surface area contributed by atoms with E-state index in [0.717, 1.165) is 6.42 Å². The van der Waals surface area contributed by atoms with E-state index < -0.39 is 0 Å². The lowest BCUT2D eigenvalue weighted by Crippen LogP contribution is -1.64. The van der Waals surface area contributed by atoms with Crippen molar-refractivity contribution in [2.24, 2.45) is 0 Å². The predicted octanol–water partition coefficient (Wildman–Crippen LogP) is 2.33. The quantitative estimate of drug-likeness (QED) is 0.401. The first-order chi connectivity index (χ1) is 3.41. The second kappa shape index (κ2) is 5.87. The van der Waals surface area contributed by atoms with Gasteiger partial charge in [0.1, 0.15) is 0 Å². The molecule has 0 heterocycles. The highest BCUT2D eigenvalue weighted by atomic mass is 32.1. The fourth-order valence-electron chi connectivity index (χ4n) is 0.365. The standard InChI is InChI=1S/C6H10S/c1-2-3-4-5-6-7/h5H,2-4H2,1H3. The minimum atomic E-state index is 1.10. The third-order valence-corrected chi connectivity index (χ3v) is 0.952. The second-order valence-electron chi connectivity index (χ2n) is 1.46. The van der Waals surface area contributed by atoms with Crippen LogP contribution in [0.25, 0.3) is 0 Å². The number of unbranched alkanes of at least 4 members (excludes halogenated alkanes) is 2. The van der Waals surface area contributed by atoms with Gasteiger partial charge in [-0.15, -0.1) is 0 Å². The fraction of sp³-hybridized carbons (Fsp3) is 0.667. The van der Waals surface area contributed by atoms with Crippen molar-refractivity contribution in [1.29, 1.82) is 0 Å². The lowest BCUT2D eigenvalue weighted by Gasteiger charge is -1.81. The average Bonchev–Trinajstić information content (AvgIpc) is 1.69. The third kappa shape index (κ3) is 5.87. The minimum absolute atomic E-state index is 1.10. The molecule has 0 aromatic heterocycles. The zero-order chi connectivity index (χ0) is 5.54. The van der Waals surface area contributed by atoms with Crippen LogP contribution >= 0.6 is 12.2 Å². The number of rotatable bonds is 3. The molecule has 0 radical (unpaired) electrons. The highest BCUT2D eigenvalue weighted by Gasteiger charge is 1.73. The van der Waals surface area contributed by atoms with Crippen LogP contribution in [0.4, 0.5) is 0 Å². The van der Waals surface area contributed by atoms with Crippen LogP contribution in [-0.4, -0.2) is 5.02 Å². The summed E-state index contributed by atoms with van der Waals surface area (Å²) >= 11 is 4.46. The van der Waals surface area contributed by atoms with Crippen LogP contribution in [0.15, 0.2) is 6.08 Å². The highest BCUT2D eigenvalue weighted by Crippen LogP contribution is 1.91. The summed E-state index contributed by atoms with van der Waals surface area (Å²) in [5.41, 5.74) is 0. The van der Waals surface area contributed by atoms with E-state index in [2.05, 4.69) is 24.2 Å². The monoisotopic (exact) mass is 114 g/mol. The van der Waals surface area contributed by atoms with Gasteiger partial charge >= 0.3 is 0 Å². The summed E-state index contributed by atoms with van der Waals surface area (Å²) in [6, 6.07) is 0. The largest absolute Gasteiger partial charge is 0.0654 e. The van der Waals surface area contributed by atoms with Crippen molar-refractivity contribution in [2.45, 2.75) is 26.2 Å². The first kappa shape index (κ1) is 6.87. The molecule has 0 rings (SSSR count). The Labute approximate surface area is 50.2 Å². The van der Waals surface area contributed by atoms with E-state index in [4.69, 9.17) is 0 Å². The topological polar surface area (TPSA) is 0 Å². The van der Waals surface area contributed by atoms with Crippen molar-refractivity contribution >= 4 is 17.2 Å². The molecule has 0 aromatic rings. The second-order valence-corrected chi connectivity index (χ2v) is 1.70. The van der Waals surface area contributed by atoms with Crippen LogP contribution in [0.2, 0.25) is 0 Å². The van der Waals surface area contributed by atoms with Gasteiger partial charge in [-0.25, -0.2) is 0 Å². The molecule has 40 valence electrons. The molecule has 0 atom stereocenters. The Morgan fingerprint density at radius 2 is 2.43 bits per heavy atom. The number of thiocarbonyl (C=S) groups is 1. The lowest BCUT2D eigenvalue weighted by atomic mass is 10.3. The Kier molecular flexibility index (Phi) is 5.76. The third-order valence-electron chi connectivity index (χ3n) is 0.785. The summed E-state index contributed by atoms with van der Waals surface area (Å²) in [5.74, 6) is 0. The van der Waals surface area contributed by atoms with Gasteiger partial charge in [-0.05, 0) is 31.1 Å². The van der Waals surface area contributed by atoms with Gasteiger partial charge in [0.25, 0.3) is 0 Å².